The SMILES string of the molecule is Cc1cc(Oc2cc(C)c(N)c(C)c2)ccc1Oc1cc(C)c(N)c(C)c1. The van der Waals surface area contributed by atoms with E-state index in [9.17, 15) is 0 Å². The van der Waals surface area contributed by atoms with Gasteiger partial charge < -0.3 is 20.9 Å². The Hall–Kier alpha value is -3.14. The van der Waals surface area contributed by atoms with Crippen molar-refractivity contribution < 1.29 is 9.47 Å². The second-order valence-electron chi connectivity index (χ2n) is 7.07. The van der Waals surface area contributed by atoms with Crippen molar-refractivity contribution >= 4 is 11.4 Å². The quantitative estimate of drug-likeness (QED) is 0.560. The van der Waals surface area contributed by atoms with Crippen LogP contribution >= 0.6 is 0 Å². The minimum Gasteiger partial charge on any atom is -0.457 e. The lowest BCUT2D eigenvalue weighted by molar-refractivity contribution is 0.465. The van der Waals surface area contributed by atoms with E-state index in [1.807, 2.05) is 77.1 Å². The molecule has 0 fully saturated rings. The van der Waals surface area contributed by atoms with Gasteiger partial charge in [0.25, 0.3) is 0 Å². The number of nitrogens with two attached hydrogens (primary N) is 2. The van der Waals surface area contributed by atoms with Crippen molar-refractivity contribution in [3.63, 3.8) is 0 Å². The Labute approximate surface area is 160 Å². The zero-order valence-corrected chi connectivity index (χ0v) is 16.5. The summed E-state index contributed by atoms with van der Waals surface area (Å²) in [5.74, 6) is 3.10. The van der Waals surface area contributed by atoms with Gasteiger partial charge in [0.2, 0.25) is 0 Å². The van der Waals surface area contributed by atoms with Crippen LogP contribution in [0.3, 0.4) is 0 Å². The number of anilines is 2. The van der Waals surface area contributed by atoms with Crippen molar-refractivity contribution in [2.75, 3.05) is 11.5 Å². The predicted octanol–water partition coefficient (Wildman–Crippen LogP) is 5.98. The lowest BCUT2D eigenvalue weighted by Crippen LogP contribution is -1.96. The van der Waals surface area contributed by atoms with Gasteiger partial charge in [0, 0.05) is 11.4 Å². The van der Waals surface area contributed by atoms with Gasteiger partial charge in [-0.25, -0.2) is 0 Å². The van der Waals surface area contributed by atoms with Crippen molar-refractivity contribution in [1.29, 1.82) is 0 Å². The van der Waals surface area contributed by atoms with Crippen LogP contribution in [0.2, 0.25) is 0 Å². The third kappa shape index (κ3) is 4.00. The Morgan fingerprint density at radius 1 is 0.519 bits per heavy atom. The Kier molecular flexibility index (Phi) is 5.00. The molecule has 0 saturated heterocycles. The molecule has 27 heavy (non-hydrogen) atoms. The highest BCUT2D eigenvalue weighted by molar-refractivity contribution is 5.58. The molecule has 0 aliphatic rings. The molecule has 0 aromatic heterocycles. The van der Waals surface area contributed by atoms with Gasteiger partial charge in [-0.05, 0) is 105 Å². The van der Waals surface area contributed by atoms with Crippen LogP contribution in [0.15, 0.2) is 42.5 Å². The Morgan fingerprint density at radius 3 is 1.37 bits per heavy atom. The van der Waals surface area contributed by atoms with E-state index in [1.54, 1.807) is 0 Å². The number of rotatable bonds is 4. The molecule has 4 N–H and O–H groups in total. The van der Waals surface area contributed by atoms with E-state index in [1.165, 1.54) is 0 Å². The van der Waals surface area contributed by atoms with Crippen molar-refractivity contribution in [2.24, 2.45) is 0 Å². The van der Waals surface area contributed by atoms with Crippen LogP contribution in [0.1, 0.15) is 27.8 Å². The molecule has 4 nitrogen and oxygen atoms in total. The number of nitrogen functional groups attached to an aromatic ring is 2. The molecule has 0 atom stereocenters. The molecule has 3 aromatic rings. The lowest BCUT2D eigenvalue weighted by Gasteiger charge is -2.14. The highest BCUT2D eigenvalue weighted by Crippen LogP contribution is 2.33. The fourth-order valence-corrected chi connectivity index (χ4v) is 3.05. The van der Waals surface area contributed by atoms with Crippen LogP contribution in [0, 0.1) is 34.6 Å². The minimum atomic E-state index is 0.757. The predicted molar refractivity (Wildman–Crippen MR) is 112 cm³/mol. The molecule has 3 aromatic carbocycles. The molecular formula is C23H26N2O2. The second-order valence-corrected chi connectivity index (χ2v) is 7.07. The molecule has 0 spiro atoms. The highest BCUT2D eigenvalue weighted by Gasteiger charge is 2.09. The van der Waals surface area contributed by atoms with Crippen molar-refractivity contribution in [1.82, 2.24) is 0 Å². The monoisotopic (exact) mass is 362 g/mol. The van der Waals surface area contributed by atoms with E-state index in [0.717, 1.165) is 62.2 Å². The summed E-state index contributed by atoms with van der Waals surface area (Å²) in [5, 5.41) is 0. The smallest absolute Gasteiger partial charge is 0.130 e. The number of aryl methyl sites for hydroxylation is 5. The van der Waals surface area contributed by atoms with Gasteiger partial charge in [-0.3, -0.25) is 0 Å². The summed E-state index contributed by atoms with van der Waals surface area (Å²) in [6, 6.07) is 13.6. The summed E-state index contributed by atoms with van der Waals surface area (Å²) in [5.41, 5.74) is 18.7. The molecule has 0 aliphatic carbocycles. The van der Waals surface area contributed by atoms with Crippen LogP contribution in [-0.4, -0.2) is 0 Å². The van der Waals surface area contributed by atoms with E-state index >= 15 is 0 Å². The van der Waals surface area contributed by atoms with Gasteiger partial charge in [-0.1, -0.05) is 0 Å². The largest absolute Gasteiger partial charge is 0.457 e. The molecule has 0 unspecified atom stereocenters. The summed E-state index contributed by atoms with van der Waals surface area (Å²) in [7, 11) is 0. The first-order valence-electron chi connectivity index (χ1n) is 8.94. The summed E-state index contributed by atoms with van der Waals surface area (Å²) in [4.78, 5) is 0. The Morgan fingerprint density at radius 2 is 0.926 bits per heavy atom. The number of hydrogen-bond acceptors (Lipinski definition) is 4. The van der Waals surface area contributed by atoms with Crippen LogP contribution in [-0.2, 0) is 0 Å². The van der Waals surface area contributed by atoms with Gasteiger partial charge in [-0.2, -0.15) is 0 Å². The van der Waals surface area contributed by atoms with E-state index in [-0.39, 0.29) is 0 Å². The third-order valence-corrected chi connectivity index (χ3v) is 4.74. The topological polar surface area (TPSA) is 70.5 Å². The Balaban J connectivity index is 1.82. The Bertz CT molecular complexity index is 963. The second kappa shape index (κ2) is 7.23. The summed E-state index contributed by atoms with van der Waals surface area (Å²) in [6.45, 7) is 9.92. The van der Waals surface area contributed by atoms with Gasteiger partial charge >= 0.3 is 0 Å². The first kappa shape index (κ1) is 18.6. The average Bonchev–Trinajstić information content (AvgIpc) is 2.60. The molecule has 3 rings (SSSR count). The van der Waals surface area contributed by atoms with Gasteiger partial charge in [0.15, 0.2) is 0 Å². The molecule has 4 heteroatoms. The first-order valence-corrected chi connectivity index (χ1v) is 8.94. The van der Waals surface area contributed by atoms with E-state index in [0.29, 0.717) is 0 Å². The average molecular weight is 362 g/mol. The molecule has 0 aliphatic heterocycles. The zero-order valence-electron chi connectivity index (χ0n) is 16.5. The molecule has 140 valence electrons. The van der Waals surface area contributed by atoms with Crippen molar-refractivity contribution in [3.05, 3.63) is 70.3 Å². The third-order valence-electron chi connectivity index (χ3n) is 4.74. The molecule has 0 amide bonds. The zero-order chi connectivity index (χ0) is 19.7. The van der Waals surface area contributed by atoms with Gasteiger partial charge in [0.05, 0.1) is 0 Å². The van der Waals surface area contributed by atoms with Crippen molar-refractivity contribution in [2.45, 2.75) is 34.6 Å². The van der Waals surface area contributed by atoms with Gasteiger partial charge in [-0.15, -0.1) is 0 Å². The van der Waals surface area contributed by atoms with E-state index in [2.05, 4.69) is 0 Å². The van der Waals surface area contributed by atoms with Crippen LogP contribution in [0.4, 0.5) is 11.4 Å². The van der Waals surface area contributed by atoms with E-state index in [4.69, 9.17) is 20.9 Å². The first-order chi connectivity index (χ1) is 12.7. The maximum Gasteiger partial charge on any atom is 0.130 e. The number of hydrogen-bond donors (Lipinski definition) is 2. The standard InChI is InChI=1S/C23H26N2O2/c1-13-8-18(26-19-9-14(2)22(24)15(3)10-19)6-7-21(13)27-20-11-16(4)23(25)17(5)12-20/h6-12H,24-25H2,1-5H3. The van der Waals surface area contributed by atoms with Crippen LogP contribution in [0.25, 0.3) is 0 Å². The maximum absolute atomic E-state index is 6.06. The highest BCUT2D eigenvalue weighted by atomic mass is 16.5. The normalized spacial score (nSPS) is 10.7. The van der Waals surface area contributed by atoms with Crippen LogP contribution in [0.5, 0.6) is 23.0 Å². The lowest BCUT2D eigenvalue weighted by atomic mass is 10.1. The van der Waals surface area contributed by atoms with E-state index < -0.39 is 0 Å². The minimum absolute atomic E-state index is 0.757. The van der Waals surface area contributed by atoms with Gasteiger partial charge in [0.1, 0.15) is 23.0 Å². The number of benzene rings is 3. The summed E-state index contributed by atoms with van der Waals surface area (Å²) < 4.78 is 12.1. The number of ether oxygens (including phenoxy) is 2. The molecule has 0 saturated carbocycles. The molecule has 0 heterocycles. The summed E-state index contributed by atoms with van der Waals surface area (Å²) >= 11 is 0. The molecule has 0 radical (unpaired) electrons. The maximum atomic E-state index is 6.06. The van der Waals surface area contributed by atoms with Crippen LogP contribution < -0.4 is 20.9 Å². The fourth-order valence-electron chi connectivity index (χ4n) is 3.05. The fraction of sp³-hybridized carbons (Fsp3) is 0.217. The summed E-state index contributed by atoms with van der Waals surface area (Å²) in [6.07, 6.45) is 0. The molecule has 0 bridgehead atoms. The van der Waals surface area contributed by atoms with Crippen molar-refractivity contribution in [3.8, 4) is 23.0 Å². The molecular weight excluding hydrogens is 336 g/mol.